The highest BCUT2D eigenvalue weighted by Crippen LogP contribution is 2.50. The highest BCUT2D eigenvalue weighted by molar-refractivity contribution is 9.10. The summed E-state index contributed by atoms with van der Waals surface area (Å²) in [6.45, 7) is 2.88. The molecule has 1 saturated heterocycles. The molecule has 2 aliphatic rings. The third-order valence-electron chi connectivity index (χ3n) is 4.60. The number of aryl methyl sites for hydroxylation is 2. The highest BCUT2D eigenvalue weighted by atomic mass is 79.9. The van der Waals surface area contributed by atoms with Crippen LogP contribution in [-0.4, -0.2) is 28.4 Å². The molecule has 1 aliphatic carbocycles. The van der Waals surface area contributed by atoms with Gasteiger partial charge in [0.1, 0.15) is 0 Å². The Morgan fingerprint density at radius 3 is 2.79 bits per heavy atom. The van der Waals surface area contributed by atoms with Crippen LogP contribution in [0.25, 0.3) is 0 Å². The van der Waals surface area contributed by atoms with Crippen LogP contribution in [0.15, 0.2) is 4.47 Å². The molecule has 2 atom stereocenters. The summed E-state index contributed by atoms with van der Waals surface area (Å²) in [6, 6.07) is 0. The molecule has 1 aromatic heterocycles. The van der Waals surface area contributed by atoms with E-state index in [9.17, 15) is 0 Å². The maximum Gasteiger partial charge on any atom is 0.0738 e. The van der Waals surface area contributed by atoms with E-state index in [2.05, 4.69) is 21.0 Å². The summed E-state index contributed by atoms with van der Waals surface area (Å²) in [4.78, 5) is 0. The van der Waals surface area contributed by atoms with Crippen LogP contribution < -0.4 is 0 Å². The summed E-state index contributed by atoms with van der Waals surface area (Å²) in [5.41, 5.74) is 2.38. The van der Waals surface area contributed by atoms with E-state index in [1.54, 1.807) is 0 Å². The summed E-state index contributed by atoms with van der Waals surface area (Å²) >= 11 is 10.0. The minimum Gasteiger partial charge on any atom is -0.377 e. The van der Waals surface area contributed by atoms with Crippen molar-refractivity contribution in [2.24, 2.45) is 18.4 Å². The van der Waals surface area contributed by atoms with Gasteiger partial charge in [0.05, 0.1) is 22.0 Å². The lowest BCUT2D eigenvalue weighted by atomic mass is 9.77. The molecule has 2 fully saturated rings. The molecule has 5 heteroatoms. The van der Waals surface area contributed by atoms with Crippen LogP contribution in [0.2, 0.25) is 0 Å². The number of rotatable bonds is 4. The first-order valence-electron chi connectivity index (χ1n) is 6.93. The van der Waals surface area contributed by atoms with Crippen molar-refractivity contribution in [3.8, 4) is 0 Å². The van der Waals surface area contributed by atoms with Crippen molar-refractivity contribution in [2.75, 3.05) is 12.5 Å². The van der Waals surface area contributed by atoms with Crippen LogP contribution in [0.5, 0.6) is 0 Å². The topological polar surface area (TPSA) is 27.1 Å². The van der Waals surface area contributed by atoms with Crippen molar-refractivity contribution >= 4 is 27.5 Å². The lowest BCUT2D eigenvalue weighted by Gasteiger charge is -2.32. The molecule has 0 spiro atoms. The van der Waals surface area contributed by atoms with Crippen LogP contribution in [0.4, 0.5) is 0 Å². The second-order valence-corrected chi connectivity index (χ2v) is 7.08. The lowest BCUT2D eigenvalue weighted by molar-refractivity contribution is 0.0395. The second kappa shape index (κ2) is 5.05. The summed E-state index contributed by atoms with van der Waals surface area (Å²) in [6.07, 6.45) is 4.96. The first kappa shape index (κ1) is 13.9. The summed E-state index contributed by atoms with van der Waals surface area (Å²) < 4.78 is 9.12. The molecule has 1 aromatic rings. The zero-order valence-corrected chi connectivity index (χ0v) is 13.8. The average Bonchev–Trinajstić information content (AvgIpc) is 3.11. The molecule has 3 rings (SSSR count). The van der Waals surface area contributed by atoms with E-state index in [0.29, 0.717) is 12.0 Å². The molecule has 2 heterocycles. The van der Waals surface area contributed by atoms with Gasteiger partial charge in [0.15, 0.2) is 0 Å². The molecular weight excluding hydrogens is 328 g/mol. The molecule has 0 amide bonds. The first-order valence-corrected chi connectivity index (χ1v) is 8.26. The van der Waals surface area contributed by atoms with Crippen molar-refractivity contribution < 1.29 is 4.74 Å². The molecule has 2 unspecified atom stereocenters. The third kappa shape index (κ3) is 2.36. The Hall–Kier alpha value is -0.0600. The fourth-order valence-electron chi connectivity index (χ4n) is 3.33. The Morgan fingerprint density at radius 1 is 1.53 bits per heavy atom. The Morgan fingerprint density at radius 2 is 2.26 bits per heavy atom. The van der Waals surface area contributed by atoms with Gasteiger partial charge in [-0.1, -0.05) is 0 Å². The zero-order chi connectivity index (χ0) is 13.6. The molecular formula is C14H20BrClN2O. The zero-order valence-electron chi connectivity index (χ0n) is 11.5. The second-order valence-electron chi connectivity index (χ2n) is 6.02. The quantitative estimate of drug-likeness (QED) is 0.780. The van der Waals surface area contributed by atoms with E-state index < -0.39 is 0 Å². The van der Waals surface area contributed by atoms with E-state index in [0.717, 1.165) is 35.5 Å². The number of nitrogens with zero attached hydrogens (tertiary/aromatic N) is 2. The van der Waals surface area contributed by atoms with Gasteiger partial charge in [0.25, 0.3) is 0 Å². The van der Waals surface area contributed by atoms with E-state index in [4.69, 9.17) is 16.3 Å². The third-order valence-corrected chi connectivity index (χ3v) is 6.16. The molecule has 3 nitrogen and oxygen atoms in total. The molecule has 106 valence electrons. The van der Waals surface area contributed by atoms with Crippen molar-refractivity contribution in [3.05, 3.63) is 15.9 Å². The van der Waals surface area contributed by atoms with Gasteiger partial charge < -0.3 is 4.74 Å². The summed E-state index contributed by atoms with van der Waals surface area (Å²) in [5, 5.41) is 4.49. The first-order chi connectivity index (χ1) is 9.07. The molecule has 0 N–H and O–H groups in total. The number of hydrogen-bond acceptors (Lipinski definition) is 2. The van der Waals surface area contributed by atoms with E-state index >= 15 is 0 Å². The van der Waals surface area contributed by atoms with Crippen molar-refractivity contribution in [1.29, 1.82) is 0 Å². The standard InChI is InChI=1S/C14H20BrClN2O/c1-9-12(15)11(18(2)17-9)7-14(8-16)5-6-19-13(14)10-3-4-10/h10,13H,3-8H2,1-2H3. The number of alkyl halides is 1. The van der Waals surface area contributed by atoms with Gasteiger partial charge in [-0.25, -0.2) is 0 Å². The van der Waals surface area contributed by atoms with Gasteiger partial charge in [-0.2, -0.15) is 5.10 Å². The number of ether oxygens (including phenoxy) is 1. The maximum absolute atomic E-state index is 6.37. The van der Waals surface area contributed by atoms with Crippen LogP contribution >= 0.6 is 27.5 Å². The fourth-order valence-corrected chi connectivity index (χ4v) is 4.18. The SMILES string of the molecule is Cc1nn(C)c(CC2(CCl)CCOC2C2CC2)c1Br. The monoisotopic (exact) mass is 346 g/mol. The van der Waals surface area contributed by atoms with Gasteiger partial charge in [-0.3, -0.25) is 4.68 Å². The fraction of sp³-hybridized carbons (Fsp3) is 0.786. The Bertz CT molecular complexity index is 486. The average molecular weight is 348 g/mol. The Kier molecular flexibility index (Phi) is 3.69. The van der Waals surface area contributed by atoms with Gasteiger partial charge in [-0.05, 0) is 54.5 Å². The van der Waals surface area contributed by atoms with Crippen LogP contribution in [0.1, 0.15) is 30.7 Å². The van der Waals surface area contributed by atoms with E-state index in [-0.39, 0.29) is 5.41 Å². The molecule has 1 aliphatic heterocycles. The minimum atomic E-state index is 0.0888. The van der Waals surface area contributed by atoms with Crippen LogP contribution in [-0.2, 0) is 18.2 Å². The summed E-state index contributed by atoms with van der Waals surface area (Å²) in [7, 11) is 2.01. The highest BCUT2D eigenvalue weighted by Gasteiger charge is 2.51. The van der Waals surface area contributed by atoms with E-state index in [1.807, 2.05) is 18.7 Å². The number of halogens is 2. The largest absolute Gasteiger partial charge is 0.377 e. The number of hydrogen-bond donors (Lipinski definition) is 0. The molecule has 1 saturated carbocycles. The van der Waals surface area contributed by atoms with Gasteiger partial charge in [0.2, 0.25) is 0 Å². The summed E-state index contributed by atoms with van der Waals surface area (Å²) in [5.74, 6) is 1.40. The molecule has 19 heavy (non-hydrogen) atoms. The molecule has 0 bridgehead atoms. The van der Waals surface area contributed by atoms with Crippen molar-refractivity contribution in [3.63, 3.8) is 0 Å². The maximum atomic E-state index is 6.37. The Labute approximate surface area is 127 Å². The van der Waals surface area contributed by atoms with Crippen molar-refractivity contribution in [1.82, 2.24) is 9.78 Å². The predicted octanol–water partition coefficient (Wildman–Crippen LogP) is 3.46. The smallest absolute Gasteiger partial charge is 0.0738 e. The Balaban J connectivity index is 1.90. The van der Waals surface area contributed by atoms with Crippen LogP contribution in [0.3, 0.4) is 0 Å². The van der Waals surface area contributed by atoms with Gasteiger partial charge in [-0.15, -0.1) is 11.6 Å². The van der Waals surface area contributed by atoms with Crippen molar-refractivity contribution in [2.45, 2.75) is 38.7 Å². The normalized spacial score (nSPS) is 31.1. The van der Waals surface area contributed by atoms with Gasteiger partial charge in [0, 0.05) is 24.9 Å². The molecule has 0 aromatic carbocycles. The minimum absolute atomic E-state index is 0.0888. The number of aromatic nitrogens is 2. The van der Waals surface area contributed by atoms with Gasteiger partial charge >= 0.3 is 0 Å². The van der Waals surface area contributed by atoms with E-state index in [1.165, 1.54) is 18.5 Å². The molecule has 0 radical (unpaired) electrons. The lowest BCUT2D eigenvalue weighted by Crippen LogP contribution is -2.37. The predicted molar refractivity (Wildman–Crippen MR) is 79.6 cm³/mol. The van der Waals surface area contributed by atoms with Crippen LogP contribution in [0, 0.1) is 18.3 Å².